The third-order valence-electron chi connectivity index (χ3n) is 5.53. The summed E-state index contributed by atoms with van der Waals surface area (Å²) >= 11 is 12.6. The van der Waals surface area contributed by atoms with E-state index in [4.69, 9.17) is 37.4 Å². The molecule has 188 valence electrons. The fourth-order valence-corrected chi connectivity index (χ4v) is 4.13. The van der Waals surface area contributed by atoms with Crippen molar-refractivity contribution in [2.24, 2.45) is 0 Å². The van der Waals surface area contributed by atoms with Crippen molar-refractivity contribution in [3.05, 3.63) is 112 Å². The fourth-order valence-electron chi connectivity index (χ4n) is 3.64. The first-order chi connectivity index (χ1) is 17.9. The van der Waals surface area contributed by atoms with Crippen LogP contribution in [0.5, 0.6) is 17.2 Å². The third-order valence-corrected chi connectivity index (χ3v) is 6.16. The van der Waals surface area contributed by atoms with Crippen LogP contribution in [0.3, 0.4) is 0 Å². The van der Waals surface area contributed by atoms with Gasteiger partial charge in [0.05, 0.1) is 36.4 Å². The molecule has 0 spiro atoms. The van der Waals surface area contributed by atoms with Crippen LogP contribution in [0.25, 0.3) is 12.2 Å². The summed E-state index contributed by atoms with van der Waals surface area (Å²) in [6, 6.07) is 25.7. The maximum atomic E-state index is 12.7. The molecule has 0 aliphatic carbocycles. The Balaban J connectivity index is 1.40. The molecule has 0 saturated carbocycles. The lowest BCUT2D eigenvalue weighted by Crippen LogP contribution is -2.12. The van der Waals surface area contributed by atoms with Crippen molar-refractivity contribution >= 4 is 52.7 Å². The highest BCUT2D eigenvalue weighted by Crippen LogP contribution is 2.33. The zero-order chi connectivity index (χ0) is 26.2. The second kappa shape index (κ2) is 12.3. The molecule has 7 heteroatoms. The van der Waals surface area contributed by atoms with E-state index in [0.29, 0.717) is 33.0 Å². The quantitative estimate of drug-likeness (QED) is 0.134. The van der Waals surface area contributed by atoms with Gasteiger partial charge in [-0.3, -0.25) is 4.79 Å². The van der Waals surface area contributed by atoms with Gasteiger partial charge in [0.2, 0.25) is 0 Å². The van der Waals surface area contributed by atoms with Crippen LogP contribution < -0.4 is 19.5 Å². The predicted molar refractivity (Wildman–Crippen MR) is 150 cm³/mol. The summed E-state index contributed by atoms with van der Waals surface area (Å²) in [7, 11) is 3.23. The van der Waals surface area contributed by atoms with Crippen molar-refractivity contribution in [1.29, 1.82) is 0 Å². The Bertz CT molecular complexity index is 1380. The average Bonchev–Trinajstić information content (AvgIpc) is 2.91. The van der Waals surface area contributed by atoms with Gasteiger partial charge in [0.25, 0.3) is 0 Å². The number of benzene rings is 4. The Labute approximate surface area is 226 Å². The molecular formula is C30H25Cl2NO4. The Morgan fingerprint density at radius 3 is 2.03 bits per heavy atom. The van der Waals surface area contributed by atoms with Crippen LogP contribution in [-0.4, -0.2) is 20.2 Å². The van der Waals surface area contributed by atoms with Crippen LogP contribution in [0.1, 0.15) is 16.7 Å². The van der Waals surface area contributed by atoms with Crippen LogP contribution in [-0.2, 0) is 11.2 Å². The van der Waals surface area contributed by atoms with Gasteiger partial charge in [0, 0.05) is 11.8 Å². The minimum atomic E-state index is -0.383. The topological polar surface area (TPSA) is 56.8 Å². The van der Waals surface area contributed by atoms with Gasteiger partial charge >= 0.3 is 5.97 Å². The molecule has 0 fully saturated rings. The molecule has 4 rings (SSSR count). The van der Waals surface area contributed by atoms with Crippen LogP contribution in [0.2, 0.25) is 10.0 Å². The number of esters is 1. The molecule has 0 amide bonds. The first kappa shape index (κ1) is 26.1. The summed E-state index contributed by atoms with van der Waals surface area (Å²) in [6.45, 7) is 0. The summed E-state index contributed by atoms with van der Waals surface area (Å²) in [4.78, 5) is 12.7. The molecule has 0 aromatic heterocycles. The first-order valence-corrected chi connectivity index (χ1v) is 12.2. The van der Waals surface area contributed by atoms with E-state index in [1.54, 1.807) is 44.6 Å². The van der Waals surface area contributed by atoms with Gasteiger partial charge in [0.15, 0.2) is 0 Å². The van der Waals surface area contributed by atoms with Crippen molar-refractivity contribution in [1.82, 2.24) is 0 Å². The zero-order valence-electron chi connectivity index (χ0n) is 20.3. The molecule has 1 N–H and O–H groups in total. The smallest absolute Gasteiger partial charge is 0.315 e. The first-order valence-electron chi connectivity index (χ1n) is 11.5. The molecule has 0 heterocycles. The second-order valence-corrected chi connectivity index (χ2v) is 8.89. The van der Waals surface area contributed by atoms with E-state index in [1.807, 2.05) is 66.7 Å². The van der Waals surface area contributed by atoms with Crippen LogP contribution >= 0.6 is 23.2 Å². The summed E-state index contributed by atoms with van der Waals surface area (Å²) < 4.78 is 16.2. The van der Waals surface area contributed by atoms with E-state index >= 15 is 0 Å². The van der Waals surface area contributed by atoms with Gasteiger partial charge in [-0.2, -0.15) is 0 Å². The maximum Gasteiger partial charge on any atom is 0.315 e. The lowest BCUT2D eigenvalue weighted by Gasteiger charge is -2.14. The van der Waals surface area contributed by atoms with Gasteiger partial charge in [-0.25, -0.2) is 0 Å². The average molecular weight is 534 g/mol. The Morgan fingerprint density at radius 1 is 0.757 bits per heavy atom. The number of nitrogens with one attached hydrogen (secondary N) is 1. The van der Waals surface area contributed by atoms with Crippen molar-refractivity contribution in [3.63, 3.8) is 0 Å². The number of anilines is 2. The van der Waals surface area contributed by atoms with Crippen LogP contribution in [0.15, 0.2) is 84.9 Å². The molecule has 4 aromatic rings. The van der Waals surface area contributed by atoms with E-state index in [0.717, 1.165) is 22.4 Å². The number of ether oxygens (including phenoxy) is 3. The number of hydrogen-bond donors (Lipinski definition) is 1. The van der Waals surface area contributed by atoms with Crippen LogP contribution in [0, 0.1) is 0 Å². The van der Waals surface area contributed by atoms with Crippen molar-refractivity contribution in [3.8, 4) is 17.2 Å². The summed E-state index contributed by atoms with van der Waals surface area (Å²) in [5.41, 5.74) is 3.97. The van der Waals surface area contributed by atoms with Crippen molar-refractivity contribution in [2.75, 3.05) is 19.5 Å². The number of hydrogen-bond acceptors (Lipinski definition) is 5. The summed E-state index contributed by atoms with van der Waals surface area (Å²) in [5.74, 6) is 1.51. The molecular weight excluding hydrogens is 509 g/mol. The van der Waals surface area contributed by atoms with Gasteiger partial charge in [-0.1, -0.05) is 71.8 Å². The monoisotopic (exact) mass is 533 g/mol. The number of carbonyl (C=O) groups excluding carboxylic acids is 1. The lowest BCUT2D eigenvalue weighted by molar-refractivity contribution is -0.133. The largest absolute Gasteiger partial charge is 0.497 e. The Morgan fingerprint density at radius 2 is 1.38 bits per heavy atom. The molecule has 0 aliphatic rings. The molecule has 0 unspecified atom stereocenters. The molecule has 0 bridgehead atoms. The second-order valence-electron chi connectivity index (χ2n) is 8.08. The Kier molecular flexibility index (Phi) is 8.72. The van der Waals surface area contributed by atoms with Gasteiger partial charge < -0.3 is 19.5 Å². The normalized spacial score (nSPS) is 10.8. The third kappa shape index (κ3) is 7.06. The molecule has 4 aromatic carbocycles. The van der Waals surface area contributed by atoms with Gasteiger partial charge in [0.1, 0.15) is 17.2 Å². The highest BCUT2D eigenvalue weighted by molar-refractivity contribution is 6.39. The lowest BCUT2D eigenvalue weighted by atomic mass is 10.1. The fraction of sp³-hybridized carbons (Fsp3) is 0.100. The number of halogens is 2. The van der Waals surface area contributed by atoms with Gasteiger partial charge in [-0.05, 0) is 59.2 Å². The maximum absolute atomic E-state index is 12.7. The van der Waals surface area contributed by atoms with E-state index in [2.05, 4.69) is 5.32 Å². The highest BCUT2D eigenvalue weighted by Gasteiger charge is 2.13. The standard InChI is InChI=1S/C30H25Cl2NO4/c1-35-24-16-21(17-25(19-24)36-2)11-10-20-12-14-23(15-13-20)37-29(34)18-22-6-3-4-9-28(22)33-30-26(31)7-5-8-27(30)32/h3-17,19,33H,18H2,1-2H3. The van der Waals surface area contributed by atoms with Crippen molar-refractivity contribution < 1.29 is 19.0 Å². The zero-order valence-corrected chi connectivity index (χ0v) is 21.8. The van der Waals surface area contributed by atoms with Gasteiger partial charge in [-0.15, -0.1) is 0 Å². The summed E-state index contributed by atoms with van der Waals surface area (Å²) in [6.07, 6.45) is 3.99. The van der Waals surface area contributed by atoms with E-state index in [9.17, 15) is 4.79 Å². The predicted octanol–water partition coefficient (Wildman–Crippen LogP) is 8.07. The van der Waals surface area contributed by atoms with E-state index in [-0.39, 0.29) is 12.4 Å². The van der Waals surface area contributed by atoms with E-state index in [1.165, 1.54) is 0 Å². The summed E-state index contributed by atoms with van der Waals surface area (Å²) in [5, 5.41) is 4.21. The molecule has 0 atom stereocenters. The minimum Gasteiger partial charge on any atom is -0.497 e. The molecule has 0 radical (unpaired) electrons. The number of methoxy groups -OCH3 is 2. The van der Waals surface area contributed by atoms with Crippen molar-refractivity contribution in [2.45, 2.75) is 6.42 Å². The number of carbonyl (C=O) groups is 1. The SMILES string of the molecule is COc1cc(C=Cc2ccc(OC(=O)Cc3ccccc3Nc3c(Cl)cccc3Cl)cc2)cc(OC)c1. The molecule has 37 heavy (non-hydrogen) atoms. The number of para-hydroxylation sites is 2. The number of rotatable bonds is 9. The van der Waals surface area contributed by atoms with E-state index < -0.39 is 0 Å². The minimum absolute atomic E-state index is 0.0740. The van der Waals surface area contributed by atoms with Crippen LogP contribution in [0.4, 0.5) is 11.4 Å². The molecule has 5 nitrogen and oxygen atoms in total. The molecule has 0 aliphatic heterocycles. The Hall–Kier alpha value is -3.93. The highest BCUT2D eigenvalue weighted by atomic mass is 35.5. The molecule has 0 saturated heterocycles.